The molecule has 0 radical (unpaired) electrons. The van der Waals surface area contributed by atoms with E-state index in [0.717, 1.165) is 11.1 Å². The zero-order chi connectivity index (χ0) is 13.0. The van der Waals surface area contributed by atoms with E-state index in [4.69, 9.17) is 5.73 Å². The first kappa shape index (κ1) is 12.7. The largest absolute Gasteiger partial charge is 0.388 e. The SMILES string of the molecule is Cc1cccc(C(CN)C(O)c2ccncc2)c1. The van der Waals surface area contributed by atoms with Crippen LogP contribution in [0.1, 0.15) is 28.7 Å². The van der Waals surface area contributed by atoms with Gasteiger partial charge < -0.3 is 10.8 Å². The zero-order valence-electron chi connectivity index (χ0n) is 10.5. The van der Waals surface area contributed by atoms with Crippen molar-refractivity contribution in [3.63, 3.8) is 0 Å². The number of aromatic nitrogens is 1. The fourth-order valence-corrected chi connectivity index (χ4v) is 2.14. The van der Waals surface area contributed by atoms with E-state index in [2.05, 4.69) is 11.1 Å². The molecule has 0 fully saturated rings. The van der Waals surface area contributed by atoms with Crippen molar-refractivity contribution in [1.29, 1.82) is 0 Å². The highest BCUT2D eigenvalue weighted by Crippen LogP contribution is 2.30. The van der Waals surface area contributed by atoms with Crippen molar-refractivity contribution >= 4 is 0 Å². The topological polar surface area (TPSA) is 59.1 Å². The second kappa shape index (κ2) is 5.76. The van der Waals surface area contributed by atoms with E-state index < -0.39 is 6.10 Å². The molecule has 0 amide bonds. The Morgan fingerprint density at radius 3 is 2.50 bits per heavy atom. The van der Waals surface area contributed by atoms with Crippen molar-refractivity contribution in [2.75, 3.05) is 6.54 Å². The van der Waals surface area contributed by atoms with Crippen LogP contribution in [0.4, 0.5) is 0 Å². The van der Waals surface area contributed by atoms with Gasteiger partial charge in [-0.2, -0.15) is 0 Å². The van der Waals surface area contributed by atoms with Gasteiger partial charge in [0.05, 0.1) is 6.10 Å². The van der Waals surface area contributed by atoms with Gasteiger partial charge in [-0.15, -0.1) is 0 Å². The summed E-state index contributed by atoms with van der Waals surface area (Å²) in [5.41, 5.74) is 8.91. The molecule has 1 heterocycles. The molecule has 2 rings (SSSR count). The summed E-state index contributed by atoms with van der Waals surface area (Å²) in [6.45, 7) is 2.45. The Kier molecular flexibility index (Phi) is 4.07. The van der Waals surface area contributed by atoms with E-state index in [1.165, 1.54) is 5.56 Å². The number of hydrogen-bond donors (Lipinski definition) is 2. The highest BCUT2D eigenvalue weighted by atomic mass is 16.3. The number of aliphatic hydroxyl groups excluding tert-OH is 1. The molecule has 0 saturated carbocycles. The predicted octanol–water partition coefficient (Wildman–Crippen LogP) is 2.17. The molecule has 0 saturated heterocycles. The monoisotopic (exact) mass is 242 g/mol. The lowest BCUT2D eigenvalue weighted by Gasteiger charge is -2.22. The first-order chi connectivity index (χ1) is 8.72. The minimum absolute atomic E-state index is 0.0905. The van der Waals surface area contributed by atoms with Crippen molar-refractivity contribution in [3.05, 3.63) is 65.5 Å². The smallest absolute Gasteiger partial charge is 0.0871 e. The van der Waals surface area contributed by atoms with E-state index in [-0.39, 0.29) is 5.92 Å². The molecular weight excluding hydrogens is 224 g/mol. The van der Waals surface area contributed by atoms with Gasteiger partial charge in [-0.05, 0) is 30.2 Å². The zero-order valence-corrected chi connectivity index (χ0v) is 10.5. The average Bonchev–Trinajstić information content (AvgIpc) is 2.40. The van der Waals surface area contributed by atoms with E-state index in [1.54, 1.807) is 12.4 Å². The molecule has 94 valence electrons. The number of benzene rings is 1. The quantitative estimate of drug-likeness (QED) is 0.863. The van der Waals surface area contributed by atoms with Gasteiger partial charge in [-0.1, -0.05) is 29.8 Å². The van der Waals surface area contributed by atoms with Crippen LogP contribution in [0, 0.1) is 6.92 Å². The van der Waals surface area contributed by atoms with Crippen molar-refractivity contribution in [1.82, 2.24) is 4.98 Å². The van der Waals surface area contributed by atoms with Gasteiger partial charge in [-0.25, -0.2) is 0 Å². The van der Waals surface area contributed by atoms with Crippen LogP contribution in [0.15, 0.2) is 48.8 Å². The number of aryl methyl sites for hydroxylation is 1. The first-order valence-corrected chi connectivity index (χ1v) is 6.07. The molecule has 2 unspecified atom stereocenters. The summed E-state index contributed by atoms with van der Waals surface area (Å²) in [5.74, 6) is -0.0905. The fraction of sp³-hybridized carbons (Fsp3) is 0.267. The molecule has 3 nitrogen and oxygen atoms in total. The number of aliphatic hydroxyl groups is 1. The van der Waals surface area contributed by atoms with Crippen LogP contribution in [0.5, 0.6) is 0 Å². The van der Waals surface area contributed by atoms with Crippen LogP contribution in [0.3, 0.4) is 0 Å². The standard InChI is InChI=1S/C15H18N2O/c1-11-3-2-4-13(9-11)14(10-16)15(18)12-5-7-17-8-6-12/h2-9,14-15,18H,10,16H2,1H3. The summed E-state index contributed by atoms with van der Waals surface area (Å²) in [6, 6.07) is 11.8. The van der Waals surface area contributed by atoms with Crippen molar-refractivity contribution < 1.29 is 5.11 Å². The minimum atomic E-state index is -0.597. The maximum atomic E-state index is 10.4. The fourth-order valence-electron chi connectivity index (χ4n) is 2.14. The number of hydrogen-bond acceptors (Lipinski definition) is 3. The van der Waals surface area contributed by atoms with Gasteiger partial charge in [-0.3, -0.25) is 4.98 Å². The van der Waals surface area contributed by atoms with Crippen LogP contribution in [-0.4, -0.2) is 16.6 Å². The van der Waals surface area contributed by atoms with Crippen LogP contribution in [0.2, 0.25) is 0 Å². The maximum Gasteiger partial charge on any atom is 0.0871 e. The Labute approximate surface area is 107 Å². The van der Waals surface area contributed by atoms with Crippen LogP contribution < -0.4 is 5.73 Å². The van der Waals surface area contributed by atoms with Crippen molar-refractivity contribution in [2.45, 2.75) is 18.9 Å². The number of rotatable bonds is 4. The molecule has 1 aromatic heterocycles. The molecule has 2 atom stereocenters. The summed E-state index contributed by atoms with van der Waals surface area (Å²) >= 11 is 0. The molecule has 0 aliphatic rings. The van der Waals surface area contributed by atoms with Crippen LogP contribution in [0.25, 0.3) is 0 Å². The van der Waals surface area contributed by atoms with Crippen molar-refractivity contribution in [3.8, 4) is 0 Å². The van der Waals surface area contributed by atoms with E-state index in [0.29, 0.717) is 6.54 Å². The maximum absolute atomic E-state index is 10.4. The molecule has 0 spiro atoms. The third-order valence-electron chi connectivity index (χ3n) is 3.15. The Hall–Kier alpha value is -1.71. The Morgan fingerprint density at radius 2 is 1.89 bits per heavy atom. The summed E-state index contributed by atoms with van der Waals surface area (Å²) < 4.78 is 0. The van der Waals surface area contributed by atoms with Crippen LogP contribution >= 0.6 is 0 Å². The molecule has 0 bridgehead atoms. The van der Waals surface area contributed by atoms with Gasteiger partial charge >= 0.3 is 0 Å². The predicted molar refractivity (Wildman–Crippen MR) is 72.2 cm³/mol. The highest BCUT2D eigenvalue weighted by molar-refractivity contribution is 5.29. The normalized spacial score (nSPS) is 14.2. The molecule has 0 aliphatic heterocycles. The lowest BCUT2D eigenvalue weighted by molar-refractivity contribution is 0.147. The van der Waals surface area contributed by atoms with E-state index in [9.17, 15) is 5.11 Å². The van der Waals surface area contributed by atoms with Gasteiger partial charge in [0, 0.05) is 24.9 Å². The van der Waals surface area contributed by atoms with E-state index >= 15 is 0 Å². The molecule has 3 N–H and O–H groups in total. The molecule has 2 aromatic rings. The third-order valence-corrected chi connectivity index (χ3v) is 3.15. The second-order valence-electron chi connectivity index (χ2n) is 4.48. The molecular formula is C15H18N2O. The first-order valence-electron chi connectivity index (χ1n) is 6.07. The highest BCUT2D eigenvalue weighted by Gasteiger charge is 2.21. The van der Waals surface area contributed by atoms with E-state index in [1.807, 2.05) is 37.3 Å². The van der Waals surface area contributed by atoms with Gasteiger partial charge in [0.25, 0.3) is 0 Å². The van der Waals surface area contributed by atoms with Crippen molar-refractivity contribution in [2.24, 2.45) is 5.73 Å². The Balaban J connectivity index is 2.29. The Bertz CT molecular complexity index is 499. The molecule has 3 heteroatoms. The van der Waals surface area contributed by atoms with Crippen LogP contribution in [-0.2, 0) is 0 Å². The molecule has 18 heavy (non-hydrogen) atoms. The second-order valence-corrected chi connectivity index (χ2v) is 4.48. The minimum Gasteiger partial charge on any atom is -0.388 e. The molecule has 0 aliphatic carbocycles. The summed E-state index contributed by atoms with van der Waals surface area (Å²) in [6.07, 6.45) is 2.77. The number of nitrogens with two attached hydrogens (primary N) is 1. The summed E-state index contributed by atoms with van der Waals surface area (Å²) in [4.78, 5) is 3.96. The average molecular weight is 242 g/mol. The molecule has 1 aromatic carbocycles. The summed E-state index contributed by atoms with van der Waals surface area (Å²) in [7, 11) is 0. The summed E-state index contributed by atoms with van der Waals surface area (Å²) in [5, 5.41) is 10.4. The third kappa shape index (κ3) is 2.75. The lowest BCUT2D eigenvalue weighted by atomic mass is 9.89. The Morgan fingerprint density at radius 1 is 1.17 bits per heavy atom. The van der Waals surface area contributed by atoms with Gasteiger partial charge in [0.2, 0.25) is 0 Å². The van der Waals surface area contributed by atoms with Gasteiger partial charge in [0.15, 0.2) is 0 Å². The lowest BCUT2D eigenvalue weighted by Crippen LogP contribution is -2.20. The number of nitrogens with zero attached hydrogens (tertiary/aromatic N) is 1. The van der Waals surface area contributed by atoms with Gasteiger partial charge in [0.1, 0.15) is 0 Å². The number of pyridine rings is 1.